The lowest BCUT2D eigenvalue weighted by Crippen LogP contribution is -2.29. The molecule has 1 unspecified atom stereocenters. The Morgan fingerprint density at radius 3 is 1.74 bits per heavy atom. The van der Waals surface area contributed by atoms with E-state index in [4.69, 9.17) is 4.74 Å². The number of halogens is 1. The Bertz CT molecular complexity index is 751. The first-order valence-corrected chi connectivity index (χ1v) is 11.9. The topological polar surface area (TPSA) is 46.5 Å². The van der Waals surface area contributed by atoms with Crippen LogP contribution in [0.2, 0.25) is 0 Å². The molecule has 0 saturated carbocycles. The summed E-state index contributed by atoms with van der Waals surface area (Å²) in [5, 5.41) is 10.3. The summed E-state index contributed by atoms with van der Waals surface area (Å²) >= 11 is 3.26. The van der Waals surface area contributed by atoms with Crippen LogP contribution in [0.5, 0.6) is 5.75 Å². The molecule has 0 aromatic heterocycles. The molecule has 2 aromatic carbocycles. The molecule has 0 radical (unpaired) electrons. The molecule has 0 aliphatic rings. The van der Waals surface area contributed by atoms with Gasteiger partial charge in [0.05, 0.1) is 0 Å². The second-order valence-corrected chi connectivity index (χ2v) is 11.6. The average molecular weight is 492 g/mol. The van der Waals surface area contributed by atoms with Gasteiger partial charge in [0.15, 0.2) is 0 Å². The van der Waals surface area contributed by atoms with Gasteiger partial charge in [0, 0.05) is 0 Å². The molecule has 0 amide bonds. The van der Waals surface area contributed by atoms with Crippen LogP contribution in [0.1, 0.15) is 78.5 Å². The quantitative estimate of drug-likeness (QED) is 0.235. The zero-order valence-corrected chi connectivity index (χ0v) is 21.6. The van der Waals surface area contributed by atoms with Gasteiger partial charge in [0.25, 0.3) is 0 Å². The van der Waals surface area contributed by atoms with Gasteiger partial charge in [-0.05, 0) is 67.7 Å². The van der Waals surface area contributed by atoms with Crippen molar-refractivity contribution in [3.63, 3.8) is 0 Å². The number of rotatable bonds is 8. The fourth-order valence-electron chi connectivity index (χ4n) is 3.48. The highest BCUT2D eigenvalue weighted by Crippen LogP contribution is 2.25. The minimum Gasteiger partial charge on any atom is -0.426 e. The van der Waals surface area contributed by atoms with Gasteiger partial charge in [0.1, 0.15) is 16.2 Å². The van der Waals surface area contributed by atoms with E-state index in [1.807, 2.05) is 30.3 Å². The number of hydrogen-bond donors (Lipinski definition) is 1. The zero-order valence-electron chi connectivity index (χ0n) is 20.1. The monoisotopic (exact) mass is 490 g/mol. The van der Waals surface area contributed by atoms with E-state index in [0.29, 0.717) is 5.75 Å². The molecule has 0 saturated heterocycles. The molecule has 0 fully saturated rings. The number of carbonyl (C=O) groups excluding carboxylic acids is 1. The Morgan fingerprint density at radius 2 is 1.32 bits per heavy atom. The molecular weight excluding hydrogens is 452 g/mol. The summed E-state index contributed by atoms with van der Waals surface area (Å²) in [6.45, 7) is 15.0. The van der Waals surface area contributed by atoms with Crippen LogP contribution in [0.4, 0.5) is 0 Å². The van der Waals surface area contributed by atoms with Crippen LogP contribution in [0.15, 0.2) is 54.6 Å². The summed E-state index contributed by atoms with van der Waals surface area (Å²) < 4.78 is 4.52. The Hall–Kier alpha value is -1.65. The predicted molar refractivity (Wildman–Crippen MR) is 134 cm³/mol. The summed E-state index contributed by atoms with van der Waals surface area (Å²) in [5.41, 5.74) is 1.57. The van der Waals surface area contributed by atoms with Crippen molar-refractivity contribution in [2.45, 2.75) is 71.7 Å². The highest BCUT2D eigenvalue weighted by atomic mass is 79.9. The van der Waals surface area contributed by atoms with Gasteiger partial charge in [0.2, 0.25) is 0 Å². The maximum absolute atomic E-state index is 11.8. The SMILES string of the molecule is CC(C)(Br)C(=O)Oc1ccc(C(O)c2ccccc2)cc1.CC(C)CC(C)CC(C)C. The molecule has 0 aliphatic heterocycles. The van der Waals surface area contributed by atoms with E-state index in [1.54, 1.807) is 38.1 Å². The van der Waals surface area contributed by atoms with Crippen molar-refractivity contribution in [2.24, 2.45) is 17.8 Å². The lowest BCUT2D eigenvalue weighted by atomic mass is 9.91. The number of hydrogen-bond acceptors (Lipinski definition) is 3. The maximum atomic E-state index is 11.8. The van der Waals surface area contributed by atoms with Crippen LogP contribution in [-0.4, -0.2) is 15.4 Å². The predicted octanol–water partition coefficient (Wildman–Crippen LogP) is 7.56. The normalized spacial score (nSPS) is 12.5. The Labute approximate surface area is 197 Å². The van der Waals surface area contributed by atoms with Gasteiger partial charge in [-0.15, -0.1) is 0 Å². The van der Waals surface area contributed by atoms with E-state index in [1.165, 1.54) is 12.8 Å². The Morgan fingerprint density at radius 1 is 0.871 bits per heavy atom. The highest BCUT2D eigenvalue weighted by molar-refractivity contribution is 9.10. The molecule has 0 aliphatic carbocycles. The van der Waals surface area contributed by atoms with Crippen molar-refractivity contribution in [3.8, 4) is 5.75 Å². The number of ether oxygens (including phenoxy) is 1. The first kappa shape index (κ1) is 27.4. The van der Waals surface area contributed by atoms with Crippen molar-refractivity contribution < 1.29 is 14.6 Å². The highest BCUT2D eigenvalue weighted by Gasteiger charge is 2.26. The molecule has 2 aromatic rings. The van der Waals surface area contributed by atoms with Crippen molar-refractivity contribution in [3.05, 3.63) is 65.7 Å². The molecule has 172 valence electrons. The van der Waals surface area contributed by atoms with Gasteiger partial charge in [-0.3, -0.25) is 4.79 Å². The summed E-state index contributed by atoms with van der Waals surface area (Å²) in [4.78, 5) is 11.8. The van der Waals surface area contributed by atoms with Crippen LogP contribution < -0.4 is 4.74 Å². The summed E-state index contributed by atoms with van der Waals surface area (Å²) in [7, 11) is 0. The third-order valence-corrected chi connectivity index (χ3v) is 5.08. The number of aliphatic hydroxyl groups is 1. The average Bonchev–Trinajstić information content (AvgIpc) is 2.67. The second kappa shape index (κ2) is 13.0. The number of carbonyl (C=O) groups is 1. The smallest absolute Gasteiger partial charge is 0.327 e. The van der Waals surface area contributed by atoms with E-state index in [2.05, 4.69) is 50.5 Å². The molecule has 1 N–H and O–H groups in total. The van der Waals surface area contributed by atoms with Gasteiger partial charge in [-0.2, -0.15) is 0 Å². The molecule has 3 nitrogen and oxygen atoms in total. The number of alkyl halides is 1. The zero-order chi connectivity index (χ0) is 23.6. The fraction of sp³-hybridized carbons (Fsp3) is 0.519. The van der Waals surface area contributed by atoms with Crippen LogP contribution in [0.3, 0.4) is 0 Å². The minimum absolute atomic E-state index is 0.362. The van der Waals surface area contributed by atoms with E-state index < -0.39 is 10.4 Å². The lowest BCUT2D eigenvalue weighted by molar-refractivity contribution is -0.136. The van der Waals surface area contributed by atoms with Crippen LogP contribution in [-0.2, 0) is 4.79 Å². The third-order valence-electron chi connectivity index (χ3n) is 4.75. The van der Waals surface area contributed by atoms with E-state index in [-0.39, 0.29) is 5.97 Å². The fourth-order valence-corrected chi connectivity index (χ4v) is 3.56. The lowest BCUT2D eigenvalue weighted by Gasteiger charge is -2.15. The first-order chi connectivity index (χ1) is 14.4. The summed E-state index contributed by atoms with van der Waals surface area (Å²) in [5.74, 6) is 2.75. The van der Waals surface area contributed by atoms with E-state index in [9.17, 15) is 9.90 Å². The molecule has 31 heavy (non-hydrogen) atoms. The van der Waals surface area contributed by atoms with Gasteiger partial charge in [-0.25, -0.2) is 0 Å². The number of esters is 1. The largest absolute Gasteiger partial charge is 0.426 e. The molecule has 0 heterocycles. The third kappa shape index (κ3) is 11.0. The molecule has 4 heteroatoms. The van der Waals surface area contributed by atoms with Crippen molar-refractivity contribution in [1.29, 1.82) is 0 Å². The molecule has 2 rings (SSSR count). The summed E-state index contributed by atoms with van der Waals surface area (Å²) in [6.07, 6.45) is 2.08. The molecule has 1 atom stereocenters. The van der Waals surface area contributed by atoms with Gasteiger partial charge >= 0.3 is 5.97 Å². The van der Waals surface area contributed by atoms with Crippen molar-refractivity contribution >= 4 is 21.9 Å². The molecule has 0 bridgehead atoms. The van der Waals surface area contributed by atoms with E-state index >= 15 is 0 Å². The minimum atomic E-state index is -0.727. The van der Waals surface area contributed by atoms with Crippen LogP contribution >= 0.6 is 15.9 Å². The molecule has 0 spiro atoms. The second-order valence-electron chi connectivity index (χ2n) is 9.61. The number of benzene rings is 2. The standard InChI is InChI=1S/C17H17BrO3.C10H22/c1-17(2,18)16(20)21-14-10-8-13(9-11-14)15(19)12-6-4-3-5-7-12;1-8(2)6-10(5)7-9(3)4/h3-11,15,19H,1-2H3;8-10H,6-7H2,1-5H3. The number of aliphatic hydroxyl groups excluding tert-OH is 1. The first-order valence-electron chi connectivity index (χ1n) is 11.1. The Kier molecular flexibility index (Phi) is 11.5. The maximum Gasteiger partial charge on any atom is 0.327 e. The van der Waals surface area contributed by atoms with Gasteiger partial charge < -0.3 is 9.84 Å². The summed E-state index contributed by atoms with van der Waals surface area (Å²) in [6, 6.07) is 16.3. The van der Waals surface area contributed by atoms with Crippen molar-refractivity contribution in [1.82, 2.24) is 0 Å². The Balaban J connectivity index is 0.000000407. The van der Waals surface area contributed by atoms with Crippen molar-refractivity contribution in [2.75, 3.05) is 0 Å². The van der Waals surface area contributed by atoms with E-state index in [0.717, 1.165) is 28.9 Å². The van der Waals surface area contributed by atoms with Gasteiger partial charge in [-0.1, -0.05) is 93.0 Å². The van der Waals surface area contributed by atoms with Crippen LogP contribution in [0.25, 0.3) is 0 Å². The van der Waals surface area contributed by atoms with Crippen LogP contribution in [0, 0.1) is 17.8 Å². The molecular formula is C27H39BrO3.